The number of aromatic nitrogens is 4. The molecule has 1 aliphatic rings. The first-order valence-corrected chi connectivity index (χ1v) is 11.4. The highest BCUT2D eigenvalue weighted by atomic mass is 19.1. The summed E-state index contributed by atoms with van der Waals surface area (Å²) in [5.74, 6) is 0.270. The van der Waals surface area contributed by atoms with E-state index in [9.17, 15) is 4.39 Å². The highest BCUT2D eigenvalue weighted by Gasteiger charge is 2.23. The Hall–Kier alpha value is -3.86. The van der Waals surface area contributed by atoms with Crippen LogP contribution in [0.1, 0.15) is 31.7 Å². The standard InChI is InChI=1S/C26H24F2N6/c1-3-16-6-8-34(9-7-16)24-14-30-26(19-11-22-23(12-21(19)28)33(2)15-31-22)25(32-24)17-4-5-18(13-29)20(27)10-17/h4-5,10-12,14-16H,3,6-9H2,1-2H3. The van der Waals surface area contributed by atoms with Gasteiger partial charge in [0.05, 0.1) is 40.5 Å². The topological polar surface area (TPSA) is 70.6 Å². The number of halogens is 2. The third kappa shape index (κ3) is 3.87. The largest absolute Gasteiger partial charge is 0.355 e. The van der Waals surface area contributed by atoms with Gasteiger partial charge in [0.2, 0.25) is 0 Å². The number of aryl methyl sites for hydroxylation is 1. The molecular weight excluding hydrogens is 434 g/mol. The third-order valence-electron chi connectivity index (χ3n) is 6.71. The lowest BCUT2D eigenvalue weighted by atomic mass is 9.94. The number of piperidine rings is 1. The van der Waals surface area contributed by atoms with E-state index in [-0.39, 0.29) is 11.1 Å². The Labute approximate surface area is 196 Å². The Morgan fingerprint density at radius 1 is 1.06 bits per heavy atom. The number of hydrogen-bond donors (Lipinski definition) is 0. The lowest BCUT2D eigenvalue weighted by molar-refractivity contribution is 0.393. The van der Waals surface area contributed by atoms with Gasteiger partial charge in [-0.2, -0.15) is 5.26 Å². The Bertz CT molecular complexity index is 1410. The normalized spacial score (nSPS) is 14.5. The number of benzene rings is 2. The molecule has 0 amide bonds. The van der Waals surface area contributed by atoms with Gasteiger partial charge in [-0.1, -0.05) is 19.4 Å². The van der Waals surface area contributed by atoms with Crippen LogP contribution in [0, 0.1) is 28.9 Å². The lowest BCUT2D eigenvalue weighted by Crippen LogP contribution is -2.34. The van der Waals surface area contributed by atoms with Crippen molar-refractivity contribution < 1.29 is 8.78 Å². The van der Waals surface area contributed by atoms with Gasteiger partial charge in [0.1, 0.15) is 23.5 Å². The van der Waals surface area contributed by atoms with Crippen LogP contribution >= 0.6 is 0 Å². The van der Waals surface area contributed by atoms with E-state index in [0.717, 1.165) is 32.4 Å². The van der Waals surface area contributed by atoms with Gasteiger partial charge in [-0.15, -0.1) is 0 Å². The van der Waals surface area contributed by atoms with E-state index in [1.54, 1.807) is 36.3 Å². The van der Waals surface area contributed by atoms with Gasteiger partial charge in [0.25, 0.3) is 0 Å². The molecule has 1 aliphatic heterocycles. The highest BCUT2D eigenvalue weighted by molar-refractivity contribution is 5.86. The second-order valence-electron chi connectivity index (χ2n) is 8.75. The summed E-state index contributed by atoms with van der Waals surface area (Å²) in [4.78, 5) is 16.0. The van der Waals surface area contributed by atoms with Crippen LogP contribution in [0.4, 0.5) is 14.6 Å². The molecular formula is C26H24F2N6. The smallest absolute Gasteiger partial charge is 0.147 e. The molecule has 0 spiro atoms. The maximum Gasteiger partial charge on any atom is 0.147 e. The predicted molar refractivity (Wildman–Crippen MR) is 127 cm³/mol. The van der Waals surface area contributed by atoms with Crippen molar-refractivity contribution in [2.24, 2.45) is 13.0 Å². The second-order valence-corrected chi connectivity index (χ2v) is 8.75. The zero-order valence-corrected chi connectivity index (χ0v) is 19.1. The molecule has 1 fully saturated rings. The molecule has 5 rings (SSSR count). The van der Waals surface area contributed by atoms with Gasteiger partial charge in [0, 0.05) is 37.3 Å². The second kappa shape index (κ2) is 8.82. The van der Waals surface area contributed by atoms with Crippen molar-refractivity contribution in [3.05, 3.63) is 60.1 Å². The molecule has 0 N–H and O–H groups in total. The minimum Gasteiger partial charge on any atom is -0.355 e. The van der Waals surface area contributed by atoms with Crippen molar-refractivity contribution in [3.63, 3.8) is 0 Å². The number of hydrogen-bond acceptors (Lipinski definition) is 5. The van der Waals surface area contributed by atoms with E-state index in [2.05, 4.69) is 21.8 Å². The van der Waals surface area contributed by atoms with Crippen molar-refractivity contribution in [1.82, 2.24) is 19.5 Å². The molecule has 1 saturated heterocycles. The zero-order valence-electron chi connectivity index (χ0n) is 19.1. The Morgan fingerprint density at radius 2 is 1.85 bits per heavy atom. The Kier molecular flexibility index (Phi) is 5.70. The summed E-state index contributed by atoms with van der Waals surface area (Å²) < 4.78 is 31.5. The molecule has 8 heteroatoms. The van der Waals surface area contributed by atoms with Crippen LogP contribution in [0.25, 0.3) is 33.5 Å². The molecule has 0 bridgehead atoms. The number of nitrogens with zero attached hydrogens (tertiary/aromatic N) is 6. The summed E-state index contributed by atoms with van der Waals surface area (Å²) in [6, 6.07) is 9.20. The summed E-state index contributed by atoms with van der Waals surface area (Å²) in [7, 11) is 1.80. The fourth-order valence-corrected chi connectivity index (χ4v) is 4.58. The summed E-state index contributed by atoms with van der Waals surface area (Å²) in [6.07, 6.45) is 6.59. The number of fused-ring (bicyclic) bond motifs is 1. The molecule has 172 valence electrons. The van der Waals surface area contributed by atoms with E-state index in [0.29, 0.717) is 39.7 Å². The van der Waals surface area contributed by atoms with E-state index in [1.165, 1.54) is 18.2 Å². The average molecular weight is 459 g/mol. The number of imidazole rings is 1. The number of anilines is 1. The SMILES string of the molecule is CCC1CCN(c2cnc(-c3cc4ncn(C)c4cc3F)c(-c3ccc(C#N)c(F)c3)n2)CC1. The van der Waals surface area contributed by atoms with Crippen molar-refractivity contribution in [1.29, 1.82) is 5.26 Å². The number of nitriles is 1. The molecule has 34 heavy (non-hydrogen) atoms. The van der Waals surface area contributed by atoms with Crippen LogP contribution < -0.4 is 4.90 Å². The zero-order chi connectivity index (χ0) is 23.8. The molecule has 2 aromatic carbocycles. The van der Waals surface area contributed by atoms with E-state index >= 15 is 4.39 Å². The van der Waals surface area contributed by atoms with E-state index in [1.807, 2.05) is 6.07 Å². The summed E-state index contributed by atoms with van der Waals surface area (Å²) in [6.45, 7) is 3.93. The minimum absolute atomic E-state index is 0.0582. The third-order valence-corrected chi connectivity index (χ3v) is 6.71. The first-order valence-electron chi connectivity index (χ1n) is 11.4. The maximum atomic E-state index is 15.3. The van der Waals surface area contributed by atoms with Gasteiger partial charge >= 0.3 is 0 Å². The lowest BCUT2D eigenvalue weighted by Gasteiger charge is -2.32. The Morgan fingerprint density at radius 3 is 2.56 bits per heavy atom. The van der Waals surface area contributed by atoms with Crippen LogP contribution in [0.2, 0.25) is 0 Å². The maximum absolute atomic E-state index is 15.3. The molecule has 0 aliphatic carbocycles. The minimum atomic E-state index is -0.650. The van der Waals surface area contributed by atoms with Crippen molar-refractivity contribution in [2.75, 3.05) is 18.0 Å². The van der Waals surface area contributed by atoms with Gasteiger partial charge < -0.3 is 9.47 Å². The monoisotopic (exact) mass is 458 g/mol. The summed E-state index contributed by atoms with van der Waals surface area (Å²) in [5.41, 5.74) is 2.59. The van der Waals surface area contributed by atoms with Gasteiger partial charge in [-0.25, -0.2) is 23.7 Å². The quantitative estimate of drug-likeness (QED) is 0.405. The molecule has 2 aromatic heterocycles. The van der Waals surface area contributed by atoms with Crippen LogP contribution in [-0.2, 0) is 7.05 Å². The first-order chi connectivity index (χ1) is 16.5. The molecule has 0 radical (unpaired) electrons. The van der Waals surface area contributed by atoms with Crippen molar-refractivity contribution in [3.8, 4) is 28.6 Å². The average Bonchev–Trinajstić information content (AvgIpc) is 3.22. The van der Waals surface area contributed by atoms with Gasteiger partial charge in [-0.3, -0.25) is 0 Å². The van der Waals surface area contributed by atoms with Gasteiger partial charge in [-0.05, 0) is 37.0 Å². The first kappa shape index (κ1) is 22.0. The van der Waals surface area contributed by atoms with Crippen LogP contribution in [-0.4, -0.2) is 32.6 Å². The number of rotatable bonds is 4. The van der Waals surface area contributed by atoms with E-state index < -0.39 is 11.6 Å². The highest BCUT2D eigenvalue weighted by Crippen LogP contribution is 2.35. The fraction of sp³-hybridized carbons (Fsp3) is 0.308. The van der Waals surface area contributed by atoms with Crippen LogP contribution in [0.3, 0.4) is 0 Å². The molecule has 4 aromatic rings. The van der Waals surface area contributed by atoms with Crippen molar-refractivity contribution >= 4 is 16.9 Å². The molecule has 0 saturated carbocycles. The molecule has 3 heterocycles. The van der Waals surface area contributed by atoms with Crippen LogP contribution in [0.15, 0.2) is 42.9 Å². The fourth-order valence-electron chi connectivity index (χ4n) is 4.58. The van der Waals surface area contributed by atoms with Crippen LogP contribution in [0.5, 0.6) is 0 Å². The predicted octanol–water partition coefficient (Wildman–Crippen LogP) is 5.47. The van der Waals surface area contributed by atoms with Gasteiger partial charge in [0.15, 0.2) is 0 Å². The summed E-state index contributed by atoms with van der Waals surface area (Å²) in [5, 5.41) is 9.12. The Balaban J connectivity index is 1.65. The summed E-state index contributed by atoms with van der Waals surface area (Å²) >= 11 is 0. The van der Waals surface area contributed by atoms with Crippen molar-refractivity contribution in [2.45, 2.75) is 26.2 Å². The molecule has 0 unspecified atom stereocenters. The van der Waals surface area contributed by atoms with E-state index in [4.69, 9.17) is 10.2 Å². The molecule has 6 nitrogen and oxygen atoms in total. The molecule has 0 atom stereocenters.